The van der Waals surface area contributed by atoms with Crippen LogP contribution in [-0.2, 0) is 4.74 Å². The average molecular weight is 303 g/mol. The van der Waals surface area contributed by atoms with Crippen molar-refractivity contribution in [2.45, 2.75) is 6.92 Å². The van der Waals surface area contributed by atoms with Gasteiger partial charge >= 0.3 is 5.97 Å². The van der Waals surface area contributed by atoms with Gasteiger partial charge in [0.2, 0.25) is 0 Å². The Kier molecular flexibility index (Phi) is 4.20. The first-order valence-electron chi connectivity index (χ1n) is 7.41. The molecule has 1 heterocycles. The highest BCUT2D eigenvalue weighted by atomic mass is 16.5. The third-order valence-electron chi connectivity index (χ3n) is 3.74. The second-order valence-corrected chi connectivity index (χ2v) is 5.24. The van der Waals surface area contributed by atoms with E-state index >= 15 is 0 Å². The van der Waals surface area contributed by atoms with Crippen LogP contribution in [0.4, 0.5) is 0 Å². The Hall–Kier alpha value is -2.94. The van der Waals surface area contributed by atoms with Crippen LogP contribution in [0.2, 0.25) is 0 Å². The molecule has 0 amide bonds. The minimum absolute atomic E-state index is 0.367. The van der Waals surface area contributed by atoms with Gasteiger partial charge in [-0.05, 0) is 18.6 Å². The molecule has 2 aromatic carbocycles. The van der Waals surface area contributed by atoms with Crippen molar-refractivity contribution in [3.8, 4) is 22.4 Å². The van der Waals surface area contributed by atoms with Crippen LogP contribution in [0, 0.1) is 6.92 Å². The van der Waals surface area contributed by atoms with E-state index in [0.29, 0.717) is 11.3 Å². The van der Waals surface area contributed by atoms with E-state index in [1.165, 1.54) is 7.11 Å². The molecule has 0 saturated heterocycles. The number of carbonyl (C=O) groups excluding carboxylic acids is 1. The third-order valence-corrected chi connectivity index (χ3v) is 3.74. The molecule has 3 rings (SSSR count). The van der Waals surface area contributed by atoms with Gasteiger partial charge < -0.3 is 4.74 Å². The Morgan fingerprint density at radius 3 is 2.04 bits per heavy atom. The summed E-state index contributed by atoms with van der Waals surface area (Å²) in [4.78, 5) is 16.8. The van der Waals surface area contributed by atoms with Crippen molar-refractivity contribution in [3.05, 3.63) is 78.0 Å². The number of esters is 1. The maximum Gasteiger partial charge on any atom is 0.340 e. The monoisotopic (exact) mass is 303 g/mol. The van der Waals surface area contributed by atoms with Crippen molar-refractivity contribution in [2.24, 2.45) is 0 Å². The fraction of sp³-hybridized carbons (Fsp3) is 0.100. The standard InChI is InChI=1S/C20H17NO2/c1-14-19(20(22)23-2)17(15-9-5-3-6-10-15)13-18(21-14)16-11-7-4-8-12-16/h3-13H,1-2H3. The quantitative estimate of drug-likeness (QED) is 0.668. The third kappa shape index (κ3) is 2.99. The van der Waals surface area contributed by atoms with E-state index in [4.69, 9.17) is 4.74 Å². The molecule has 3 aromatic rings. The Labute approximate surface area is 135 Å². The van der Waals surface area contributed by atoms with Gasteiger partial charge in [0, 0.05) is 11.1 Å². The summed E-state index contributed by atoms with van der Waals surface area (Å²) in [6.07, 6.45) is 0. The molecule has 0 aliphatic carbocycles. The van der Waals surface area contributed by atoms with Gasteiger partial charge in [0.25, 0.3) is 0 Å². The molecule has 23 heavy (non-hydrogen) atoms. The van der Waals surface area contributed by atoms with Crippen molar-refractivity contribution in [3.63, 3.8) is 0 Å². The highest BCUT2D eigenvalue weighted by Crippen LogP contribution is 2.30. The fourth-order valence-corrected chi connectivity index (χ4v) is 2.63. The average Bonchev–Trinajstić information content (AvgIpc) is 2.62. The van der Waals surface area contributed by atoms with E-state index in [9.17, 15) is 4.79 Å². The fourth-order valence-electron chi connectivity index (χ4n) is 2.63. The minimum atomic E-state index is -0.367. The van der Waals surface area contributed by atoms with Crippen molar-refractivity contribution < 1.29 is 9.53 Å². The molecule has 114 valence electrons. The Morgan fingerprint density at radius 2 is 1.48 bits per heavy atom. The van der Waals surface area contributed by atoms with Crippen LogP contribution in [0.5, 0.6) is 0 Å². The molecule has 3 nitrogen and oxygen atoms in total. The normalized spacial score (nSPS) is 10.3. The summed E-state index contributed by atoms with van der Waals surface area (Å²) in [6.45, 7) is 1.84. The van der Waals surface area contributed by atoms with Gasteiger partial charge in [-0.15, -0.1) is 0 Å². The molecule has 1 aromatic heterocycles. The zero-order valence-corrected chi connectivity index (χ0v) is 13.1. The summed E-state index contributed by atoms with van der Waals surface area (Å²) < 4.78 is 4.95. The number of nitrogens with zero attached hydrogens (tertiary/aromatic N) is 1. The number of methoxy groups -OCH3 is 1. The van der Waals surface area contributed by atoms with E-state index in [2.05, 4.69) is 4.98 Å². The van der Waals surface area contributed by atoms with E-state index in [1.807, 2.05) is 73.7 Å². The number of hydrogen-bond acceptors (Lipinski definition) is 3. The van der Waals surface area contributed by atoms with Gasteiger partial charge in [0.15, 0.2) is 0 Å². The van der Waals surface area contributed by atoms with Gasteiger partial charge in [0.05, 0.1) is 24.1 Å². The second kappa shape index (κ2) is 6.44. The SMILES string of the molecule is COC(=O)c1c(-c2ccccc2)cc(-c2ccccc2)nc1C. The van der Waals surface area contributed by atoms with Crippen LogP contribution in [0.1, 0.15) is 16.1 Å². The molecule has 0 aliphatic rings. The van der Waals surface area contributed by atoms with Gasteiger partial charge in [-0.1, -0.05) is 60.7 Å². The molecule has 0 saturated carbocycles. The summed E-state index contributed by atoms with van der Waals surface area (Å²) in [5.74, 6) is -0.367. The zero-order chi connectivity index (χ0) is 16.2. The van der Waals surface area contributed by atoms with Crippen LogP contribution in [0.15, 0.2) is 66.7 Å². The van der Waals surface area contributed by atoms with Gasteiger partial charge in [0.1, 0.15) is 0 Å². The van der Waals surface area contributed by atoms with Crippen molar-refractivity contribution >= 4 is 5.97 Å². The summed E-state index contributed by atoms with van der Waals surface area (Å²) in [6, 6.07) is 21.7. The second-order valence-electron chi connectivity index (χ2n) is 5.24. The van der Waals surface area contributed by atoms with Gasteiger partial charge in [-0.3, -0.25) is 4.98 Å². The minimum Gasteiger partial charge on any atom is -0.465 e. The first kappa shape index (κ1) is 15.0. The summed E-state index contributed by atoms with van der Waals surface area (Å²) >= 11 is 0. The summed E-state index contributed by atoms with van der Waals surface area (Å²) in [5.41, 5.74) is 4.84. The Morgan fingerprint density at radius 1 is 0.913 bits per heavy atom. The number of aromatic nitrogens is 1. The number of pyridine rings is 1. The molecular weight excluding hydrogens is 286 g/mol. The predicted octanol–water partition coefficient (Wildman–Crippen LogP) is 4.51. The number of aryl methyl sites for hydroxylation is 1. The predicted molar refractivity (Wildman–Crippen MR) is 91.2 cm³/mol. The largest absolute Gasteiger partial charge is 0.465 e. The maximum atomic E-state index is 12.2. The Bertz CT molecular complexity index is 827. The van der Waals surface area contributed by atoms with Crippen LogP contribution in [0.25, 0.3) is 22.4 Å². The lowest BCUT2D eigenvalue weighted by atomic mass is 9.96. The highest BCUT2D eigenvalue weighted by molar-refractivity contribution is 5.99. The number of rotatable bonds is 3. The molecule has 0 N–H and O–H groups in total. The molecule has 3 heteroatoms. The molecule has 0 fully saturated rings. The number of ether oxygens (including phenoxy) is 1. The number of hydrogen-bond donors (Lipinski definition) is 0. The number of benzene rings is 2. The lowest BCUT2D eigenvalue weighted by Crippen LogP contribution is -2.08. The maximum absolute atomic E-state index is 12.2. The molecular formula is C20H17NO2. The topological polar surface area (TPSA) is 39.2 Å². The van der Waals surface area contributed by atoms with E-state index in [1.54, 1.807) is 0 Å². The highest BCUT2D eigenvalue weighted by Gasteiger charge is 2.19. The van der Waals surface area contributed by atoms with Crippen LogP contribution in [0.3, 0.4) is 0 Å². The van der Waals surface area contributed by atoms with Crippen molar-refractivity contribution in [1.82, 2.24) is 4.98 Å². The zero-order valence-electron chi connectivity index (χ0n) is 13.1. The lowest BCUT2D eigenvalue weighted by Gasteiger charge is -2.13. The summed E-state index contributed by atoms with van der Waals surface area (Å²) in [7, 11) is 1.39. The molecule has 0 bridgehead atoms. The van der Waals surface area contributed by atoms with Crippen LogP contribution in [-0.4, -0.2) is 18.1 Å². The number of carbonyl (C=O) groups is 1. The molecule has 0 unspecified atom stereocenters. The lowest BCUT2D eigenvalue weighted by molar-refractivity contribution is 0.0600. The Balaban J connectivity index is 2.25. The van der Waals surface area contributed by atoms with E-state index in [0.717, 1.165) is 22.4 Å². The first-order chi connectivity index (χ1) is 11.2. The van der Waals surface area contributed by atoms with Crippen LogP contribution < -0.4 is 0 Å². The van der Waals surface area contributed by atoms with Crippen molar-refractivity contribution in [1.29, 1.82) is 0 Å². The van der Waals surface area contributed by atoms with E-state index < -0.39 is 0 Å². The van der Waals surface area contributed by atoms with Gasteiger partial charge in [-0.2, -0.15) is 0 Å². The summed E-state index contributed by atoms with van der Waals surface area (Å²) in [5, 5.41) is 0. The molecule has 0 spiro atoms. The van der Waals surface area contributed by atoms with Gasteiger partial charge in [-0.25, -0.2) is 4.79 Å². The van der Waals surface area contributed by atoms with E-state index in [-0.39, 0.29) is 5.97 Å². The molecule has 0 radical (unpaired) electrons. The molecule has 0 atom stereocenters. The van der Waals surface area contributed by atoms with Crippen molar-refractivity contribution in [2.75, 3.05) is 7.11 Å². The molecule has 0 aliphatic heterocycles. The smallest absolute Gasteiger partial charge is 0.340 e. The van der Waals surface area contributed by atoms with Crippen LogP contribution >= 0.6 is 0 Å². The first-order valence-corrected chi connectivity index (χ1v) is 7.41.